The molecule has 0 saturated carbocycles. The molecule has 0 unspecified atom stereocenters. The minimum atomic E-state index is -0.102. The van der Waals surface area contributed by atoms with Crippen molar-refractivity contribution < 1.29 is 9.84 Å². The molecule has 3 rings (SSSR count). The number of aliphatic hydroxyl groups excluding tert-OH is 1. The summed E-state index contributed by atoms with van der Waals surface area (Å²) in [5, 5.41) is 10.2. The molecule has 0 saturated heterocycles. The maximum atomic E-state index is 9.31. The zero-order valence-corrected chi connectivity index (χ0v) is 11.2. The number of ether oxygens (including phenoxy) is 1. The van der Waals surface area contributed by atoms with Crippen molar-refractivity contribution in [1.82, 2.24) is 4.98 Å². The monoisotopic (exact) mass is 265 g/mol. The second-order valence-electron chi connectivity index (χ2n) is 4.70. The molecule has 0 aliphatic heterocycles. The van der Waals surface area contributed by atoms with Gasteiger partial charge in [0.05, 0.1) is 17.8 Å². The highest BCUT2D eigenvalue weighted by Crippen LogP contribution is 2.30. The Morgan fingerprint density at radius 3 is 2.55 bits per heavy atom. The first kappa shape index (κ1) is 12.6. The summed E-state index contributed by atoms with van der Waals surface area (Å²) in [5.41, 5.74) is 2.61. The van der Waals surface area contributed by atoms with E-state index in [1.165, 1.54) is 5.56 Å². The fourth-order valence-corrected chi connectivity index (χ4v) is 2.09. The Hall–Kier alpha value is -2.39. The fraction of sp³-hybridized carbons (Fsp3) is 0.118. The third-order valence-electron chi connectivity index (χ3n) is 3.14. The summed E-state index contributed by atoms with van der Waals surface area (Å²) in [6, 6.07) is 17.4. The van der Waals surface area contributed by atoms with E-state index in [1.807, 2.05) is 55.5 Å². The molecule has 0 aliphatic rings. The number of pyridine rings is 1. The Bertz CT molecular complexity index is 736. The van der Waals surface area contributed by atoms with Gasteiger partial charge in [-0.25, -0.2) is 0 Å². The summed E-state index contributed by atoms with van der Waals surface area (Å²) in [6.45, 7) is 1.94. The maximum Gasteiger partial charge on any atom is 0.138 e. The molecule has 1 aromatic heterocycles. The van der Waals surface area contributed by atoms with Gasteiger partial charge < -0.3 is 9.84 Å². The maximum absolute atomic E-state index is 9.31. The highest BCUT2D eigenvalue weighted by atomic mass is 16.5. The molecule has 0 atom stereocenters. The van der Waals surface area contributed by atoms with Crippen LogP contribution in [0.5, 0.6) is 11.5 Å². The van der Waals surface area contributed by atoms with Gasteiger partial charge in [0.2, 0.25) is 0 Å². The first-order valence-corrected chi connectivity index (χ1v) is 6.50. The third-order valence-corrected chi connectivity index (χ3v) is 3.14. The summed E-state index contributed by atoms with van der Waals surface area (Å²) >= 11 is 0. The van der Waals surface area contributed by atoms with Crippen molar-refractivity contribution >= 4 is 10.9 Å². The normalized spacial score (nSPS) is 10.7. The average molecular weight is 265 g/mol. The molecule has 0 fully saturated rings. The van der Waals surface area contributed by atoms with Gasteiger partial charge in [0.25, 0.3) is 0 Å². The van der Waals surface area contributed by atoms with E-state index in [4.69, 9.17) is 4.74 Å². The lowest BCUT2D eigenvalue weighted by Crippen LogP contribution is -1.94. The quantitative estimate of drug-likeness (QED) is 0.782. The molecule has 0 bridgehead atoms. The number of nitrogens with zero attached hydrogens (tertiary/aromatic N) is 1. The summed E-state index contributed by atoms with van der Waals surface area (Å²) in [5.74, 6) is 1.49. The number of para-hydroxylation sites is 1. The van der Waals surface area contributed by atoms with E-state index in [0.717, 1.165) is 16.7 Å². The van der Waals surface area contributed by atoms with Gasteiger partial charge in [0.15, 0.2) is 0 Å². The van der Waals surface area contributed by atoms with E-state index in [2.05, 4.69) is 4.98 Å². The Kier molecular flexibility index (Phi) is 3.35. The summed E-state index contributed by atoms with van der Waals surface area (Å²) in [4.78, 5) is 4.38. The van der Waals surface area contributed by atoms with Crippen LogP contribution in [-0.2, 0) is 6.61 Å². The van der Waals surface area contributed by atoms with Crippen molar-refractivity contribution in [2.24, 2.45) is 0 Å². The van der Waals surface area contributed by atoms with Crippen molar-refractivity contribution in [1.29, 1.82) is 0 Å². The molecule has 3 nitrogen and oxygen atoms in total. The molecule has 0 spiro atoms. The number of fused-ring (bicyclic) bond motifs is 1. The van der Waals surface area contributed by atoms with E-state index < -0.39 is 0 Å². The van der Waals surface area contributed by atoms with Crippen LogP contribution < -0.4 is 4.74 Å². The Labute approximate surface area is 117 Å². The minimum Gasteiger partial charge on any atom is -0.457 e. The molecule has 0 radical (unpaired) electrons. The Morgan fingerprint density at radius 2 is 1.80 bits per heavy atom. The van der Waals surface area contributed by atoms with Crippen LogP contribution in [0.3, 0.4) is 0 Å². The number of hydrogen-bond acceptors (Lipinski definition) is 3. The van der Waals surface area contributed by atoms with Crippen LogP contribution in [0.15, 0.2) is 54.6 Å². The number of aromatic nitrogens is 1. The lowest BCUT2D eigenvalue weighted by atomic mass is 10.2. The molecule has 3 heteroatoms. The van der Waals surface area contributed by atoms with Crippen molar-refractivity contribution in [3.8, 4) is 11.5 Å². The van der Waals surface area contributed by atoms with Gasteiger partial charge in [-0.15, -0.1) is 0 Å². The van der Waals surface area contributed by atoms with E-state index in [1.54, 1.807) is 6.07 Å². The summed E-state index contributed by atoms with van der Waals surface area (Å²) in [6.07, 6.45) is 0. The first-order chi connectivity index (χ1) is 9.76. The van der Waals surface area contributed by atoms with Gasteiger partial charge in [0, 0.05) is 11.5 Å². The van der Waals surface area contributed by atoms with Crippen LogP contribution in [0.1, 0.15) is 11.3 Å². The number of benzene rings is 2. The third kappa shape index (κ3) is 2.49. The van der Waals surface area contributed by atoms with Crippen molar-refractivity contribution in [3.63, 3.8) is 0 Å². The fourth-order valence-electron chi connectivity index (χ4n) is 2.09. The van der Waals surface area contributed by atoms with Crippen LogP contribution in [0, 0.1) is 6.92 Å². The van der Waals surface area contributed by atoms with Gasteiger partial charge >= 0.3 is 0 Å². The van der Waals surface area contributed by atoms with Gasteiger partial charge in [-0.05, 0) is 31.2 Å². The molecule has 100 valence electrons. The predicted molar refractivity (Wildman–Crippen MR) is 78.9 cm³/mol. The molecule has 0 aliphatic carbocycles. The smallest absolute Gasteiger partial charge is 0.138 e. The predicted octanol–water partition coefficient (Wildman–Crippen LogP) is 3.83. The van der Waals surface area contributed by atoms with Crippen LogP contribution >= 0.6 is 0 Å². The zero-order chi connectivity index (χ0) is 13.9. The standard InChI is InChI=1S/C17H15NO2/c1-12-6-8-14(9-7-12)20-17-10-13(11-19)18-16-5-3-2-4-15(16)17/h2-10,19H,11H2,1H3. The van der Waals surface area contributed by atoms with Crippen molar-refractivity contribution in [2.75, 3.05) is 0 Å². The van der Waals surface area contributed by atoms with E-state index >= 15 is 0 Å². The van der Waals surface area contributed by atoms with Gasteiger partial charge in [-0.1, -0.05) is 29.8 Å². The highest BCUT2D eigenvalue weighted by molar-refractivity contribution is 5.85. The molecule has 2 aromatic carbocycles. The lowest BCUT2D eigenvalue weighted by Gasteiger charge is -2.10. The van der Waals surface area contributed by atoms with Crippen LogP contribution in [-0.4, -0.2) is 10.1 Å². The minimum absolute atomic E-state index is 0.102. The molecule has 3 aromatic rings. The average Bonchev–Trinajstić information content (AvgIpc) is 2.49. The zero-order valence-electron chi connectivity index (χ0n) is 11.2. The molecular weight excluding hydrogens is 250 g/mol. The Morgan fingerprint density at radius 1 is 1.05 bits per heavy atom. The number of rotatable bonds is 3. The van der Waals surface area contributed by atoms with Crippen LogP contribution in [0.2, 0.25) is 0 Å². The van der Waals surface area contributed by atoms with Gasteiger partial charge in [-0.2, -0.15) is 0 Å². The number of aryl methyl sites for hydroxylation is 1. The highest BCUT2D eigenvalue weighted by Gasteiger charge is 2.07. The lowest BCUT2D eigenvalue weighted by molar-refractivity contribution is 0.277. The number of aliphatic hydroxyl groups is 1. The topological polar surface area (TPSA) is 42.4 Å². The first-order valence-electron chi connectivity index (χ1n) is 6.50. The van der Waals surface area contributed by atoms with Crippen LogP contribution in [0.25, 0.3) is 10.9 Å². The van der Waals surface area contributed by atoms with E-state index in [9.17, 15) is 5.11 Å². The molecular formula is C17H15NO2. The van der Waals surface area contributed by atoms with Gasteiger partial charge in [-0.3, -0.25) is 4.98 Å². The second kappa shape index (κ2) is 5.31. The van der Waals surface area contributed by atoms with Crippen molar-refractivity contribution in [3.05, 3.63) is 65.9 Å². The van der Waals surface area contributed by atoms with Crippen LogP contribution in [0.4, 0.5) is 0 Å². The Balaban J connectivity index is 2.07. The SMILES string of the molecule is Cc1ccc(Oc2cc(CO)nc3ccccc23)cc1. The molecule has 0 amide bonds. The van der Waals surface area contributed by atoms with E-state index in [-0.39, 0.29) is 6.61 Å². The molecule has 1 heterocycles. The van der Waals surface area contributed by atoms with Gasteiger partial charge in [0.1, 0.15) is 11.5 Å². The van der Waals surface area contributed by atoms with Crippen molar-refractivity contribution in [2.45, 2.75) is 13.5 Å². The molecule has 20 heavy (non-hydrogen) atoms. The summed E-state index contributed by atoms with van der Waals surface area (Å²) < 4.78 is 5.94. The molecule has 1 N–H and O–H groups in total. The second-order valence-corrected chi connectivity index (χ2v) is 4.70. The van der Waals surface area contributed by atoms with E-state index in [0.29, 0.717) is 11.4 Å². The largest absolute Gasteiger partial charge is 0.457 e. The summed E-state index contributed by atoms with van der Waals surface area (Å²) in [7, 11) is 0. The number of hydrogen-bond donors (Lipinski definition) is 1.